The van der Waals surface area contributed by atoms with Crippen LogP contribution in [-0.2, 0) is 7.05 Å². The molecule has 2 rings (SSSR count). The number of anilines is 1. The maximum absolute atomic E-state index is 5.99. The van der Waals surface area contributed by atoms with E-state index in [2.05, 4.69) is 35.8 Å². The van der Waals surface area contributed by atoms with Gasteiger partial charge in [-0.1, -0.05) is 6.07 Å². The van der Waals surface area contributed by atoms with Crippen molar-refractivity contribution in [3.63, 3.8) is 0 Å². The molecule has 0 radical (unpaired) electrons. The van der Waals surface area contributed by atoms with E-state index in [1.54, 1.807) is 28.2 Å². The largest absolute Gasteiger partial charge is 0.383 e. The Morgan fingerprint density at radius 1 is 1.18 bits per heavy atom. The minimum Gasteiger partial charge on any atom is -0.383 e. The Bertz CT molecular complexity index is 535. The third-order valence-corrected chi connectivity index (χ3v) is 4.38. The highest BCUT2D eigenvalue weighted by Crippen LogP contribution is 2.34. The molecule has 0 saturated carbocycles. The van der Waals surface area contributed by atoms with E-state index in [1.165, 1.54) is 9.79 Å². The Labute approximate surface area is 110 Å². The number of aromatic nitrogens is 2. The van der Waals surface area contributed by atoms with Crippen molar-refractivity contribution in [1.29, 1.82) is 0 Å². The molecule has 1 aromatic heterocycles. The van der Waals surface area contributed by atoms with Gasteiger partial charge < -0.3 is 5.73 Å². The molecular weight excluding hydrogens is 250 g/mol. The second kappa shape index (κ2) is 5.06. The number of rotatable bonds is 3. The number of nitrogens with two attached hydrogens (primary N) is 1. The molecule has 0 aliphatic rings. The number of aryl methyl sites for hydroxylation is 1. The van der Waals surface area contributed by atoms with Gasteiger partial charge in [-0.25, -0.2) is 0 Å². The van der Waals surface area contributed by atoms with Gasteiger partial charge in [-0.2, -0.15) is 5.10 Å². The molecule has 3 nitrogen and oxygen atoms in total. The summed E-state index contributed by atoms with van der Waals surface area (Å²) in [6, 6.07) is 6.40. The highest BCUT2D eigenvalue weighted by Gasteiger charge is 2.09. The summed E-state index contributed by atoms with van der Waals surface area (Å²) in [5, 5.41) is 4.17. The van der Waals surface area contributed by atoms with Crippen LogP contribution in [0.2, 0.25) is 0 Å². The number of hydrogen-bond donors (Lipinski definition) is 1. The molecule has 1 aromatic carbocycles. The highest BCUT2D eigenvalue weighted by atomic mass is 32.2. The van der Waals surface area contributed by atoms with Gasteiger partial charge in [-0.15, -0.1) is 23.5 Å². The molecule has 0 atom stereocenters. The van der Waals surface area contributed by atoms with Crippen molar-refractivity contribution in [1.82, 2.24) is 9.78 Å². The van der Waals surface area contributed by atoms with Crippen LogP contribution in [0.25, 0.3) is 11.1 Å². The second-order valence-corrected chi connectivity index (χ2v) is 5.33. The Balaban J connectivity index is 2.50. The lowest BCUT2D eigenvalue weighted by Crippen LogP contribution is -1.98. The van der Waals surface area contributed by atoms with Crippen LogP contribution < -0.4 is 5.73 Å². The Kier molecular flexibility index (Phi) is 3.69. The van der Waals surface area contributed by atoms with E-state index in [0.717, 1.165) is 11.1 Å². The average Bonchev–Trinajstić information content (AvgIpc) is 2.69. The van der Waals surface area contributed by atoms with Crippen LogP contribution >= 0.6 is 23.5 Å². The van der Waals surface area contributed by atoms with E-state index in [1.807, 2.05) is 13.2 Å². The van der Waals surface area contributed by atoms with Gasteiger partial charge in [0.2, 0.25) is 0 Å². The fourth-order valence-electron chi connectivity index (χ4n) is 1.67. The van der Waals surface area contributed by atoms with E-state index >= 15 is 0 Å². The van der Waals surface area contributed by atoms with Crippen molar-refractivity contribution in [2.45, 2.75) is 9.79 Å². The first-order chi connectivity index (χ1) is 8.17. The number of nitrogens with zero attached hydrogens (tertiary/aromatic N) is 2. The van der Waals surface area contributed by atoms with Crippen LogP contribution in [-0.4, -0.2) is 22.3 Å². The van der Waals surface area contributed by atoms with E-state index in [0.29, 0.717) is 5.82 Å². The van der Waals surface area contributed by atoms with Gasteiger partial charge >= 0.3 is 0 Å². The van der Waals surface area contributed by atoms with Crippen molar-refractivity contribution < 1.29 is 0 Å². The number of thioether (sulfide) groups is 2. The van der Waals surface area contributed by atoms with E-state index in [9.17, 15) is 0 Å². The van der Waals surface area contributed by atoms with Crippen molar-refractivity contribution >= 4 is 29.3 Å². The van der Waals surface area contributed by atoms with Crippen LogP contribution in [0, 0.1) is 0 Å². The summed E-state index contributed by atoms with van der Waals surface area (Å²) in [6.45, 7) is 0. The van der Waals surface area contributed by atoms with Gasteiger partial charge in [-0.3, -0.25) is 4.68 Å². The average molecular weight is 265 g/mol. The number of nitrogen functional groups attached to an aromatic ring is 1. The first kappa shape index (κ1) is 12.4. The molecule has 0 aliphatic heterocycles. The van der Waals surface area contributed by atoms with Crippen molar-refractivity contribution in [2.24, 2.45) is 7.05 Å². The minimum atomic E-state index is 0.703. The zero-order valence-corrected chi connectivity index (χ0v) is 11.7. The quantitative estimate of drug-likeness (QED) is 0.866. The Morgan fingerprint density at radius 2 is 1.88 bits per heavy atom. The van der Waals surface area contributed by atoms with Crippen LogP contribution in [0.15, 0.2) is 34.2 Å². The summed E-state index contributed by atoms with van der Waals surface area (Å²) in [4.78, 5) is 2.57. The normalized spacial score (nSPS) is 10.8. The van der Waals surface area contributed by atoms with Crippen LogP contribution in [0.5, 0.6) is 0 Å². The smallest absolute Gasteiger partial charge is 0.129 e. The molecule has 0 bridgehead atoms. The molecule has 1 heterocycles. The third-order valence-electron chi connectivity index (χ3n) is 2.68. The lowest BCUT2D eigenvalue weighted by atomic mass is 10.1. The molecule has 0 aliphatic carbocycles. The second-order valence-electron chi connectivity index (χ2n) is 3.64. The summed E-state index contributed by atoms with van der Waals surface area (Å²) in [5.41, 5.74) is 8.10. The monoisotopic (exact) mass is 265 g/mol. The zero-order valence-electron chi connectivity index (χ0n) is 10.1. The standard InChI is InChI=1S/C12H15N3S2/c1-15-12(13)9(7-14-15)8-4-5-10(16-2)11(6-8)17-3/h4-7H,13H2,1-3H3. The molecule has 0 unspecified atom stereocenters. The maximum atomic E-state index is 5.99. The summed E-state index contributed by atoms with van der Waals surface area (Å²) in [7, 11) is 1.85. The van der Waals surface area contributed by atoms with Crippen LogP contribution in [0.3, 0.4) is 0 Å². The molecule has 0 spiro atoms. The Hall–Kier alpha value is -1.07. The summed E-state index contributed by atoms with van der Waals surface area (Å²) in [6.07, 6.45) is 5.99. The van der Waals surface area contributed by atoms with Gasteiger partial charge in [0.15, 0.2) is 0 Å². The fourth-order valence-corrected chi connectivity index (χ4v) is 3.15. The summed E-state index contributed by atoms with van der Waals surface area (Å²) >= 11 is 3.51. The molecule has 2 aromatic rings. The van der Waals surface area contributed by atoms with Gasteiger partial charge in [0.1, 0.15) is 5.82 Å². The van der Waals surface area contributed by atoms with Crippen molar-refractivity contribution in [2.75, 3.05) is 18.2 Å². The van der Waals surface area contributed by atoms with E-state index in [4.69, 9.17) is 5.73 Å². The van der Waals surface area contributed by atoms with Gasteiger partial charge in [0.05, 0.1) is 6.20 Å². The molecule has 0 fully saturated rings. The van der Waals surface area contributed by atoms with Crippen molar-refractivity contribution in [3.05, 3.63) is 24.4 Å². The molecular formula is C12H15N3S2. The van der Waals surface area contributed by atoms with Gasteiger partial charge in [-0.05, 0) is 30.2 Å². The minimum absolute atomic E-state index is 0.703. The summed E-state index contributed by atoms with van der Waals surface area (Å²) < 4.78 is 1.69. The van der Waals surface area contributed by atoms with Crippen LogP contribution in [0.4, 0.5) is 5.82 Å². The SMILES string of the molecule is CSc1ccc(-c2cnn(C)c2N)cc1SC. The van der Waals surface area contributed by atoms with E-state index in [-0.39, 0.29) is 0 Å². The lowest BCUT2D eigenvalue weighted by molar-refractivity contribution is 0.779. The fraction of sp³-hybridized carbons (Fsp3) is 0.250. The topological polar surface area (TPSA) is 43.8 Å². The molecule has 0 saturated heterocycles. The highest BCUT2D eigenvalue weighted by molar-refractivity contribution is 8.01. The number of hydrogen-bond acceptors (Lipinski definition) is 4. The predicted octanol–water partition coefficient (Wildman–Crippen LogP) is 3.11. The zero-order chi connectivity index (χ0) is 12.4. The first-order valence-electron chi connectivity index (χ1n) is 5.17. The molecule has 2 N–H and O–H groups in total. The van der Waals surface area contributed by atoms with Gasteiger partial charge in [0, 0.05) is 22.4 Å². The van der Waals surface area contributed by atoms with Crippen molar-refractivity contribution in [3.8, 4) is 11.1 Å². The summed E-state index contributed by atoms with van der Waals surface area (Å²) in [5.74, 6) is 0.703. The van der Waals surface area contributed by atoms with E-state index < -0.39 is 0 Å². The number of benzene rings is 1. The van der Waals surface area contributed by atoms with Crippen LogP contribution in [0.1, 0.15) is 0 Å². The molecule has 5 heteroatoms. The lowest BCUT2D eigenvalue weighted by Gasteiger charge is -2.07. The Morgan fingerprint density at radius 3 is 2.41 bits per heavy atom. The third kappa shape index (κ3) is 2.30. The first-order valence-corrected chi connectivity index (χ1v) is 7.62. The molecule has 90 valence electrons. The molecule has 0 amide bonds. The molecule has 17 heavy (non-hydrogen) atoms. The predicted molar refractivity (Wildman–Crippen MR) is 76.6 cm³/mol. The maximum Gasteiger partial charge on any atom is 0.129 e. The van der Waals surface area contributed by atoms with Gasteiger partial charge in [0.25, 0.3) is 0 Å².